The van der Waals surface area contributed by atoms with Gasteiger partial charge >= 0.3 is 0 Å². The van der Waals surface area contributed by atoms with Crippen molar-refractivity contribution in [1.82, 2.24) is 0 Å². The van der Waals surface area contributed by atoms with Crippen LogP contribution in [0.15, 0.2) is 0 Å². The molecule has 0 amide bonds. The topological polar surface area (TPSA) is 0 Å². The molecule has 0 aromatic carbocycles. The Morgan fingerprint density at radius 3 is 1.67 bits per heavy atom. The summed E-state index contributed by atoms with van der Waals surface area (Å²) in [5, 5.41) is 0. The highest BCUT2D eigenvalue weighted by molar-refractivity contribution is 8.69. The van der Waals surface area contributed by atoms with Crippen LogP contribution in [0.25, 0.3) is 0 Å². The third-order valence-corrected chi connectivity index (χ3v) is 6.22. The van der Waals surface area contributed by atoms with Gasteiger partial charge in [-0.15, -0.1) is 11.7 Å². The fourth-order valence-electron chi connectivity index (χ4n) is 4.14. The Bertz CT molecular complexity index is 165. The molecule has 0 aliphatic heterocycles. The molecule has 0 unspecified atom stereocenters. The van der Waals surface area contributed by atoms with E-state index < -0.39 is 0 Å². The Morgan fingerprint density at radius 1 is 0.917 bits per heavy atom. The molecule has 0 nitrogen and oxygen atoms in total. The van der Waals surface area contributed by atoms with Gasteiger partial charge in [0.15, 0.2) is 0 Å². The zero-order valence-electron chi connectivity index (χ0n) is 7.33. The predicted molar refractivity (Wildman–Crippen MR) is 57.5 cm³/mol. The molecule has 4 aliphatic carbocycles. The van der Waals surface area contributed by atoms with Crippen molar-refractivity contribution in [2.75, 3.05) is 0 Å². The van der Waals surface area contributed by atoms with Crippen LogP contribution in [-0.4, -0.2) is 4.75 Å². The molecule has 2 heteroatoms. The first kappa shape index (κ1) is 8.05. The third kappa shape index (κ3) is 1.07. The van der Waals surface area contributed by atoms with E-state index in [9.17, 15) is 0 Å². The van der Waals surface area contributed by atoms with Crippen LogP contribution in [0.4, 0.5) is 0 Å². The highest BCUT2D eigenvalue weighted by Gasteiger charge is 2.50. The standard InChI is InChI=1S/C10H16S2/c11-12-10-4-7-1-8(5-10)3-9(2-7)6-10/h7-9,11H,1-6H2. The first-order chi connectivity index (χ1) is 5.80. The molecule has 0 atom stereocenters. The summed E-state index contributed by atoms with van der Waals surface area (Å²) >= 11 is 4.48. The first-order valence-electron chi connectivity index (χ1n) is 5.12. The molecule has 0 N–H and O–H groups in total. The quantitative estimate of drug-likeness (QED) is 0.499. The lowest BCUT2D eigenvalue weighted by molar-refractivity contribution is 0.0390. The summed E-state index contributed by atoms with van der Waals surface area (Å²) in [6.45, 7) is 0. The van der Waals surface area contributed by atoms with Gasteiger partial charge in [0.05, 0.1) is 0 Å². The molecule has 68 valence electrons. The Labute approximate surface area is 83.7 Å². The van der Waals surface area contributed by atoms with Gasteiger partial charge in [-0.25, -0.2) is 0 Å². The van der Waals surface area contributed by atoms with Gasteiger partial charge in [-0.1, -0.05) is 10.8 Å². The highest BCUT2D eigenvalue weighted by Crippen LogP contribution is 2.61. The van der Waals surface area contributed by atoms with Crippen molar-refractivity contribution in [3.63, 3.8) is 0 Å². The molecule has 4 rings (SSSR count). The summed E-state index contributed by atoms with van der Waals surface area (Å²) in [6.07, 6.45) is 9.09. The fraction of sp³-hybridized carbons (Fsp3) is 1.00. The van der Waals surface area contributed by atoms with Gasteiger partial charge in [-0.3, -0.25) is 0 Å². The lowest BCUT2D eigenvalue weighted by Crippen LogP contribution is -2.47. The second-order valence-electron chi connectivity index (χ2n) is 5.19. The molecule has 0 saturated heterocycles. The lowest BCUT2D eigenvalue weighted by Gasteiger charge is -2.55. The van der Waals surface area contributed by atoms with Crippen molar-refractivity contribution in [2.24, 2.45) is 17.8 Å². The molecular weight excluding hydrogens is 184 g/mol. The number of hydrogen-bond donors (Lipinski definition) is 1. The summed E-state index contributed by atoms with van der Waals surface area (Å²) < 4.78 is 0.623. The summed E-state index contributed by atoms with van der Waals surface area (Å²) in [5.41, 5.74) is 0. The maximum Gasteiger partial charge on any atom is 0.0269 e. The van der Waals surface area contributed by atoms with Crippen LogP contribution >= 0.6 is 22.5 Å². The van der Waals surface area contributed by atoms with Crippen molar-refractivity contribution >= 4 is 22.5 Å². The zero-order valence-corrected chi connectivity index (χ0v) is 9.04. The summed E-state index contributed by atoms with van der Waals surface area (Å²) in [6, 6.07) is 0. The highest BCUT2D eigenvalue weighted by atomic mass is 33.1. The van der Waals surface area contributed by atoms with Crippen molar-refractivity contribution in [1.29, 1.82) is 0 Å². The molecule has 4 saturated carbocycles. The maximum absolute atomic E-state index is 4.48. The van der Waals surface area contributed by atoms with Crippen molar-refractivity contribution in [2.45, 2.75) is 43.3 Å². The van der Waals surface area contributed by atoms with Gasteiger partial charge in [0.1, 0.15) is 0 Å². The molecule has 4 fully saturated rings. The smallest absolute Gasteiger partial charge is 0.0269 e. The minimum absolute atomic E-state index is 0.623. The van der Waals surface area contributed by atoms with E-state index in [1.807, 2.05) is 10.8 Å². The van der Waals surface area contributed by atoms with Crippen LogP contribution < -0.4 is 0 Å². The molecular formula is C10H16S2. The molecule has 0 aromatic rings. The SMILES string of the molecule is SSC12CC3CC(CC(C3)C1)C2. The van der Waals surface area contributed by atoms with E-state index in [-0.39, 0.29) is 0 Å². The van der Waals surface area contributed by atoms with Crippen LogP contribution in [0.1, 0.15) is 38.5 Å². The Hall–Kier alpha value is 0.700. The Balaban J connectivity index is 1.90. The van der Waals surface area contributed by atoms with Gasteiger partial charge in [0.2, 0.25) is 0 Å². The number of rotatable bonds is 1. The lowest BCUT2D eigenvalue weighted by atomic mass is 9.56. The molecule has 0 heterocycles. The second-order valence-corrected chi connectivity index (χ2v) is 6.79. The van der Waals surface area contributed by atoms with Gasteiger partial charge < -0.3 is 0 Å². The van der Waals surface area contributed by atoms with E-state index in [4.69, 9.17) is 0 Å². The van der Waals surface area contributed by atoms with Crippen LogP contribution in [-0.2, 0) is 0 Å². The molecule has 0 spiro atoms. The molecule has 0 aromatic heterocycles. The maximum atomic E-state index is 4.48. The van der Waals surface area contributed by atoms with E-state index in [2.05, 4.69) is 11.7 Å². The fourth-order valence-corrected chi connectivity index (χ4v) is 5.74. The molecule has 4 aliphatic rings. The zero-order chi connectivity index (χ0) is 8.18. The van der Waals surface area contributed by atoms with Gasteiger partial charge in [0, 0.05) is 4.75 Å². The molecule has 12 heavy (non-hydrogen) atoms. The second kappa shape index (κ2) is 2.60. The largest absolute Gasteiger partial charge is 0.111 e. The van der Waals surface area contributed by atoms with E-state index in [1.54, 1.807) is 19.3 Å². The Kier molecular flexibility index (Phi) is 1.74. The number of hydrogen-bond acceptors (Lipinski definition) is 2. The van der Waals surface area contributed by atoms with Crippen LogP contribution in [0.5, 0.6) is 0 Å². The summed E-state index contributed by atoms with van der Waals surface area (Å²) in [4.78, 5) is 0. The van der Waals surface area contributed by atoms with Gasteiger partial charge in [-0.2, -0.15) is 0 Å². The first-order valence-corrected chi connectivity index (χ1v) is 6.99. The number of thiol groups is 1. The van der Waals surface area contributed by atoms with Gasteiger partial charge in [0.25, 0.3) is 0 Å². The molecule has 4 bridgehead atoms. The minimum atomic E-state index is 0.623. The van der Waals surface area contributed by atoms with Crippen molar-refractivity contribution < 1.29 is 0 Å². The van der Waals surface area contributed by atoms with Crippen LogP contribution in [0.2, 0.25) is 0 Å². The average Bonchev–Trinajstić information content (AvgIpc) is 2.02. The monoisotopic (exact) mass is 200 g/mol. The van der Waals surface area contributed by atoms with Crippen LogP contribution in [0.3, 0.4) is 0 Å². The van der Waals surface area contributed by atoms with Crippen molar-refractivity contribution in [3.05, 3.63) is 0 Å². The van der Waals surface area contributed by atoms with E-state index >= 15 is 0 Å². The molecule has 0 radical (unpaired) electrons. The summed E-state index contributed by atoms with van der Waals surface area (Å²) in [5.74, 6) is 3.24. The van der Waals surface area contributed by atoms with Crippen LogP contribution in [0, 0.1) is 17.8 Å². The minimum Gasteiger partial charge on any atom is -0.111 e. The third-order valence-electron chi connectivity index (χ3n) is 4.18. The average molecular weight is 200 g/mol. The predicted octanol–water partition coefficient (Wildman–Crippen LogP) is 3.53. The van der Waals surface area contributed by atoms with Crippen molar-refractivity contribution in [3.8, 4) is 0 Å². The Morgan fingerprint density at radius 2 is 1.33 bits per heavy atom. The van der Waals surface area contributed by atoms with E-state index in [1.165, 1.54) is 19.3 Å². The van der Waals surface area contributed by atoms with E-state index in [0.29, 0.717) is 4.75 Å². The van der Waals surface area contributed by atoms with E-state index in [0.717, 1.165) is 17.8 Å². The summed E-state index contributed by atoms with van der Waals surface area (Å²) in [7, 11) is 1.88. The normalized spacial score (nSPS) is 56.2. The van der Waals surface area contributed by atoms with Gasteiger partial charge in [-0.05, 0) is 56.3 Å².